The monoisotopic (exact) mass is 423 g/mol. The molecule has 0 unspecified atom stereocenters. The van der Waals surface area contributed by atoms with E-state index >= 15 is 0 Å². The number of hydrogen-bond donors (Lipinski definition) is 0. The molecule has 0 N–H and O–H groups in total. The van der Waals surface area contributed by atoms with Crippen molar-refractivity contribution in [1.82, 2.24) is 4.98 Å². The maximum absolute atomic E-state index is 6.24. The number of ether oxygens (including phenoxy) is 1. The average Bonchev–Trinajstić information content (AvgIpc) is 2.78. The second-order valence-electron chi connectivity index (χ2n) is 10.7. The summed E-state index contributed by atoms with van der Waals surface area (Å²) in [5.41, 5.74) is 8.69. The van der Waals surface area contributed by atoms with Gasteiger partial charge in [0.2, 0.25) is 0 Å². The lowest BCUT2D eigenvalue weighted by Crippen LogP contribution is -2.43. The van der Waals surface area contributed by atoms with E-state index in [1.165, 1.54) is 65.5 Å². The minimum atomic E-state index is 0.653. The van der Waals surface area contributed by atoms with Crippen LogP contribution in [0.4, 0.5) is 0 Å². The first kappa shape index (κ1) is 20.0. The molecule has 2 nitrogen and oxygen atoms in total. The zero-order valence-corrected chi connectivity index (χ0v) is 19.5. The highest BCUT2D eigenvalue weighted by Crippen LogP contribution is 2.61. The molecule has 3 aromatic rings. The summed E-state index contributed by atoms with van der Waals surface area (Å²) in [5.74, 6) is 5.38. The molecule has 32 heavy (non-hydrogen) atoms. The third kappa shape index (κ3) is 3.27. The summed E-state index contributed by atoms with van der Waals surface area (Å²) in [5, 5.41) is 0. The van der Waals surface area contributed by atoms with Gasteiger partial charge in [0.15, 0.2) is 0 Å². The molecule has 2 heteroatoms. The molecule has 4 saturated carbocycles. The molecule has 0 saturated heterocycles. The van der Waals surface area contributed by atoms with Crippen LogP contribution in [0, 0.1) is 37.5 Å². The molecule has 4 aliphatic rings. The van der Waals surface area contributed by atoms with Gasteiger partial charge in [-0.25, -0.2) is 0 Å². The Morgan fingerprint density at radius 2 is 1.47 bits per heavy atom. The Hall–Kier alpha value is -2.61. The third-order valence-electron chi connectivity index (χ3n) is 8.46. The van der Waals surface area contributed by atoms with E-state index in [0.29, 0.717) is 5.92 Å². The molecule has 7 rings (SSSR count). The molecular weight excluding hydrogens is 390 g/mol. The van der Waals surface area contributed by atoms with Crippen molar-refractivity contribution in [3.8, 4) is 28.1 Å². The van der Waals surface area contributed by atoms with Crippen molar-refractivity contribution in [3.05, 3.63) is 71.4 Å². The number of methoxy groups -OCH3 is 1. The van der Waals surface area contributed by atoms with Gasteiger partial charge in [-0.1, -0.05) is 29.8 Å². The zero-order valence-electron chi connectivity index (χ0n) is 19.5. The summed E-state index contributed by atoms with van der Waals surface area (Å²) < 4.78 is 6.24. The van der Waals surface area contributed by atoms with E-state index in [1.807, 2.05) is 19.4 Å². The number of hydrogen-bond acceptors (Lipinski definition) is 2. The standard InChI is InChI=1S/C30H33NO/c1-18-7-8-24(25(10-18)28-6-4-5-9-31-28)26-11-19(2)12-27(30(26)32-3)29-22-14-20-13-21(16-22)17-23(29)15-20/h4-12,20-23,29H,13-17H2,1-3H3. The predicted octanol–water partition coefficient (Wildman–Crippen LogP) is 7.58. The second-order valence-corrected chi connectivity index (χ2v) is 10.7. The van der Waals surface area contributed by atoms with Crippen molar-refractivity contribution in [1.29, 1.82) is 0 Å². The van der Waals surface area contributed by atoms with E-state index in [0.717, 1.165) is 35.1 Å². The average molecular weight is 424 g/mol. The normalized spacial score (nSPS) is 28.2. The van der Waals surface area contributed by atoms with E-state index in [2.05, 4.69) is 61.3 Å². The fraction of sp³-hybridized carbons (Fsp3) is 0.433. The molecule has 2 aromatic carbocycles. The molecule has 0 aliphatic heterocycles. The van der Waals surface area contributed by atoms with Gasteiger partial charge in [0.05, 0.1) is 12.8 Å². The lowest BCUT2D eigenvalue weighted by molar-refractivity contribution is -0.00346. The minimum absolute atomic E-state index is 0.653. The molecule has 0 spiro atoms. The Morgan fingerprint density at radius 3 is 2.12 bits per heavy atom. The number of pyridine rings is 1. The summed E-state index contributed by atoms with van der Waals surface area (Å²) in [7, 11) is 1.86. The Bertz CT molecular complexity index is 1120. The van der Waals surface area contributed by atoms with Gasteiger partial charge in [-0.05, 0) is 116 Å². The van der Waals surface area contributed by atoms with Gasteiger partial charge < -0.3 is 4.74 Å². The maximum Gasteiger partial charge on any atom is 0.130 e. The Morgan fingerprint density at radius 1 is 0.750 bits per heavy atom. The maximum atomic E-state index is 6.24. The summed E-state index contributed by atoms with van der Waals surface area (Å²) >= 11 is 0. The van der Waals surface area contributed by atoms with E-state index in [9.17, 15) is 0 Å². The fourth-order valence-corrected chi connectivity index (χ4v) is 7.54. The van der Waals surface area contributed by atoms with Gasteiger partial charge in [0.25, 0.3) is 0 Å². The van der Waals surface area contributed by atoms with Gasteiger partial charge in [0, 0.05) is 17.3 Å². The number of aryl methyl sites for hydroxylation is 2. The van der Waals surface area contributed by atoms with Crippen molar-refractivity contribution in [2.45, 2.75) is 51.9 Å². The predicted molar refractivity (Wildman–Crippen MR) is 131 cm³/mol. The smallest absolute Gasteiger partial charge is 0.130 e. The van der Waals surface area contributed by atoms with Crippen LogP contribution >= 0.6 is 0 Å². The second kappa shape index (κ2) is 7.76. The Labute approximate surface area is 192 Å². The first-order valence-electron chi connectivity index (χ1n) is 12.3. The molecule has 1 heterocycles. The topological polar surface area (TPSA) is 22.1 Å². The van der Waals surface area contributed by atoms with Gasteiger partial charge >= 0.3 is 0 Å². The van der Waals surface area contributed by atoms with Crippen LogP contribution < -0.4 is 4.74 Å². The molecule has 1 aromatic heterocycles. The molecule has 0 atom stereocenters. The first-order chi connectivity index (χ1) is 15.6. The highest BCUT2D eigenvalue weighted by molar-refractivity contribution is 5.86. The molecule has 4 bridgehead atoms. The van der Waals surface area contributed by atoms with Crippen molar-refractivity contribution < 1.29 is 4.74 Å². The van der Waals surface area contributed by atoms with Crippen LogP contribution in [-0.2, 0) is 0 Å². The molecule has 4 aliphatic carbocycles. The minimum Gasteiger partial charge on any atom is -0.496 e. The first-order valence-corrected chi connectivity index (χ1v) is 12.3. The van der Waals surface area contributed by atoms with E-state index in [4.69, 9.17) is 4.74 Å². The summed E-state index contributed by atoms with van der Waals surface area (Å²) in [6.45, 7) is 4.40. The largest absolute Gasteiger partial charge is 0.496 e. The summed E-state index contributed by atoms with van der Waals surface area (Å²) in [6, 6.07) is 17.7. The number of aromatic nitrogens is 1. The quantitative estimate of drug-likeness (QED) is 0.431. The SMILES string of the molecule is COc1c(-c2ccc(C)cc2-c2ccccn2)cc(C)cc1C1C2CC3CC(C2)CC1C3. The van der Waals surface area contributed by atoms with Gasteiger partial charge in [-0.15, -0.1) is 0 Å². The van der Waals surface area contributed by atoms with Crippen LogP contribution in [-0.4, -0.2) is 12.1 Å². The zero-order chi connectivity index (χ0) is 21.8. The van der Waals surface area contributed by atoms with Crippen LogP contribution in [0.2, 0.25) is 0 Å². The van der Waals surface area contributed by atoms with Crippen molar-refractivity contribution in [2.75, 3.05) is 7.11 Å². The van der Waals surface area contributed by atoms with Crippen LogP contribution in [0.5, 0.6) is 5.75 Å². The summed E-state index contributed by atoms with van der Waals surface area (Å²) in [4.78, 5) is 4.69. The van der Waals surface area contributed by atoms with Crippen molar-refractivity contribution in [2.24, 2.45) is 23.7 Å². The lowest BCUT2D eigenvalue weighted by Gasteiger charge is -2.54. The molecule has 4 fully saturated rings. The Kier molecular flexibility index (Phi) is 4.86. The third-order valence-corrected chi connectivity index (χ3v) is 8.46. The van der Waals surface area contributed by atoms with Crippen LogP contribution in [0.25, 0.3) is 22.4 Å². The van der Waals surface area contributed by atoms with Crippen LogP contribution in [0.1, 0.15) is 54.7 Å². The van der Waals surface area contributed by atoms with Gasteiger partial charge in [-0.2, -0.15) is 0 Å². The van der Waals surface area contributed by atoms with Crippen molar-refractivity contribution >= 4 is 0 Å². The van der Waals surface area contributed by atoms with E-state index < -0.39 is 0 Å². The molecule has 0 amide bonds. The number of benzene rings is 2. The Balaban J connectivity index is 1.52. The van der Waals surface area contributed by atoms with Gasteiger partial charge in [-0.3, -0.25) is 4.98 Å². The lowest BCUT2D eigenvalue weighted by atomic mass is 9.50. The van der Waals surface area contributed by atoms with E-state index in [-0.39, 0.29) is 0 Å². The molecule has 0 radical (unpaired) electrons. The highest BCUT2D eigenvalue weighted by Gasteiger charge is 2.49. The number of nitrogens with zero attached hydrogens (tertiary/aromatic N) is 1. The van der Waals surface area contributed by atoms with Crippen LogP contribution in [0.3, 0.4) is 0 Å². The summed E-state index contributed by atoms with van der Waals surface area (Å²) in [6.07, 6.45) is 9.07. The van der Waals surface area contributed by atoms with Gasteiger partial charge in [0.1, 0.15) is 5.75 Å². The highest BCUT2D eigenvalue weighted by atomic mass is 16.5. The number of rotatable bonds is 4. The fourth-order valence-electron chi connectivity index (χ4n) is 7.54. The molecule has 164 valence electrons. The van der Waals surface area contributed by atoms with Crippen LogP contribution in [0.15, 0.2) is 54.7 Å². The molecular formula is C30H33NO. The van der Waals surface area contributed by atoms with E-state index in [1.54, 1.807) is 0 Å². The van der Waals surface area contributed by atoms with Crippen molar-refractivity contribution in [3.63, 3.8) is 0 Å².